The molecule has 11 heavy (non-hydrogen) atoms. The monoisotopic (exact) mass is 157 g/mol. The van der Waals surface area contributed by atoms with Crippen molar-refractivity contribution in [3.8, 4) is 0 Å². The van der Waals surface area contributed by atoms with E-state index in [0.717, 1.165) is 18.6 Å². The second-order valence-corrected chi connectivity index (χ2v) is 2.48. The van der Waals surface area contributed by atoms with Crippen molar-refractivity contribution in [2.45, 2.75) is 13.3 Å². The minimum Gasteiger partial charge on any atom is -0.379 e. The summed E-state index contributed by atoms with van der Waals surface area (Å²) in [5.41, 5.74) is 1.04. The fraction of sp³-hybridized carbons (Fsp3) is 0.667. The molecule has 0 rings (SSSR count). The van der Waals surface area contributed by atoms with Crippen molar-refractivity contribution in [1.82, 2.24) is 0 Å². The molecule has 0 heterocycles. The highest BCUT2D eigenvalue weighted by atomic mass is 16.5. The predicted octanol–water partition coefficient (Wildman–Crippen LogP) is 1.82. The van der Waals surface area contributed by atoms with Crippen LogP contribution < -0.4 is 0 Å². The van der Waals surface area contributed by atoms with Gasteiger partial charge in [-0.3, -0.25) is 0 Å². The van der Waals surface area contributed by atoms with Crippen molar-refractivity contribution < 1.29 is 9.47 Å². The van der Waals surface area contributed by atoms with Crippen LogP contribution in [0.4, 0.5) is 0 Å². The Hall–Kier alpha value is -0.340. The van der Waals surface area contributed by atoms with Crippen LogP contribution in [0.25, 0.3) is 0 Å². The lowest BCUT2D eigenvalue weighted by Gasteiger charge is -2.03. The Morgan fingerprint density at radius 2 is 1.82 bits per heavy atom. The van der Waals surface area contributed by atoms with Crippen molar-refractivity contribution in [2.24, 2.45) is 0 Å². The summed E-state index contributed by atoms with van der Waals surface area (Å²) >= 11 is 0. The summed E-state index contributed by atoms with van der Waals surface area (Å²) in [5.74, 6) is 0. The molecule has 65 valence electrons. The Kier molecular flexibility index (Phi) is 7.52. The Labute approximate surface area is 69.2 Å². The highest BCUT2D eigenvalue weighted by Crippen LogP contribution is 1.88. The summed E-state index contributed by atoms with van der Waals surface area (Å²) in [7, 11) is 0. The second kappa shape index (κ2) is 7.76. The lowest BCUT2D eigenvalue weighted by molar-refractivity contribution is 0.0581. The van der Waals surface area contributed by atoms with Crippen LogP contribution in [0.1, 0.15) is 13.3 Å². The van der Waals surface area contributed by atoms with Crippen molar-refractivity contribution in [1.29, 1.82) is 0 Å². The lowest BCUT2D eigenvalue weighted by Crippen LogP contribution is -2.05. The van der Waals surface area contributed by atoms with E-state index in [0.29, 0.717) is 19.8 Å². The van der Waals surface area contributed by atoms with Crippen LogP contribution in [0.15, 0.2) is 12.2 Å². The molecule has 0 aliphatic heterocycles. The molecule has 0 aliphatic carbocycles. The molecular formula is C9H17O2. The smallest absolute Gasteiger partial charge is 0.0704 e. The van der Waals surface area contributed by atoms with Crippen molar-refractivity contribution >= 4 is 0 Å². The molecule has 1 radical (unpaired) electrons. The Balaban J connectivity index is 2.85. The number of hydrogen-bond acceptors (Lipinski definition) is 2. The molecule has 0 aromatic carbocycles. The third-order valence-corrected chi connectivity index (χ3v) is 1.01. The van der Waals surface area contributed by atoms with Gasteiger partial charge in [0.15, 0.2) is 0 Å². The molecule has 0 saturated heterocycles. The number of rotatable bonds is 7. The van der Waals surface area contributed by atoms with E-state index in [1.165, 1.54) is 0 Å². The highest BCUT2D eigenvalue weighted by Gasteiger charge is 1.88. The van der Waals surface area contributed by atoms with Gasteiger partial charge in [-0.15, -0.1) is 0 Å². The molecule has 0 aromatic rings. The average molecular weight is 157 g/mol. The minimum absolute atomic E-state index is 0.633. The summed E-state index contributed by atoms with van der Waals surface area (Å²) in [4.78, 5) is 0. The Morgan fingerprint density at radius 3 is 2.36 bits per heavy atom. The molecule has 0 bridgehead atoms. The van der Waals surface area contributed by atoms with E-state index in [1.54, 1.807) is 0 Å². The molecule has 0 atom stereocenters. The zero-order chi connectivity index (χ0) is 8.53. The third kappa shape index (κ3) is 9.66. The molecular weight excluding hydrogens is 140 g/mol. The van der Waals surface area contributed by atoms with Gasteiger partial charge >= 0.3 is 0 Å². The van der Waals surface area contributed by atoms with Crippen molar-refractivity contribution in [2.75, 3.05) is 26.4 Å². The number of ether oxygens (including phenoxy) is 2. The van der Waals surface area contributed by atoms with Gasteiger partial charge in [-0.25, -0.2) is 0 Å². The summed E-state index contributed by atoms with van der Waals surface area (Å²) in [5, 5.41) is 0. The van der Waals surface area contributed by atoms with Crippen LogP contribution >= 0.6 is 0 Å². The molecule has 0 spiro atoms. The fourth-order valence-electron chi connectivity index (χ4n) is 0.568. The van der Waals surface area contributed by atoms with E-state index in [9.17, 15) is 0 Å². The van der Waals surface area contributed by atoms with E-state index < -0.39 is 0 Å². The number of hydrogen-bond donors (Lipinski definition) is 0. The zero-order valence-electron chi connectivity index (χ0n) is 7.27. The van der Waals surface area contributed by atoms with E-state index in [4.69, 9.17) is 9.47 Å². The van der Waals surface area contributed by atoms with Crippen LogP contribution in [0.2, 0.25) is 0 Å². The molecule has 0 unspecified atom stereocenters. The summed E-state index contributed by atoms with van der Waals surface area (Å²) in [6, 6.07) is 0. The van der Waals surface area contributed by atoms with Crippen LogP contribution in [0.3, 0.4) is 0 Å². The van der Waals surface area contributed by atoms with Gasteiger partial charge in [-0.1, -0.05) is 19.1 Å². The maximum Gasteiger partial charge on any atom is 0.0704 e. The SMILES string of the molecule is [CH2]CCOCCOCC(=C)C. The van der Waals surface area contributed by atoms with Gasteiger partial charge in [0.1, 0.15) is 0 Å². The summed E-state index contributed by atoms with van der Waals surface area (Å²) in [6.45, 7) is 12.0. The van der Waals surface area contributed by atoms with Crippen LogP contribution in [0, 0.1) is 6.92 Å². The lowest BCUT2D eigenvalue weighted by atomic mass is 10.4. The quantitative estimate of drug-likeness (QED) is 0.414. The van der Waals surface area contributed by atoms with Gasteiger partial charge in [-0.2, -0.15) is 0 Å². The first-order valence-electron chi connectivity index (χ1n) is 3.86. The first kappa shape index (κ1) is 10.7. The topological polar surface area (TPSA) is 18.5 Å². The molecule has 2 nitrogen and oxygen atoms in total. The maximum absolute atomic E-state index is 5.20. The van der Waals surface area contributed by atoms with Gasteiger partial charge < -0.3 is 9.47 Å². The van der Waals surface area contributed by atoms with Crippen LogP contribution in [-0.4, -0.2) is 26.4 Å². The van der Waals surface area contributed by atoms with Gasteiger partial charge in [0, 0.05) is 6.61 Å². The first-order chi connectivity index (χ1) is 5.27. The molecule has 0 fully saturated rings. The Morgan fingerprint density at radius 1 is 1.18 bits per heavy atom. The molecule has 0 aromatic heterocycles. The van der Waals surface area contributed by atoms with E-state index in [2.05, 4.69) is 13.5 Å². The van der Waals surface area contributed by atoms with Crippen LogP contribution in [0.5, 0.6) is 0 Å². The van der Waals surface area contributed by atoms with Gasteiger partial charge in [0.25, 0.3) is 0 Å². The highest BCUT2D eigenvalue weighted by molar-refractivity contribution is 4.87. The normalized spacial score (nSPS) is 10.0. The van der Waals surface area contributed by atoms with Crippen molar-refractivity contribution in [3.05, 3.63) is 19.1 Å². The largest absolute Gasteiger partial charge is 0.379 e. The molecule has 0 N–H and O–H groups in total. The maximum atomic E-state index is 5.20. The Bertz CT molecular complexity index is 99.7. The molecule has 2 heteroatoms. The van der Waals surface area contributed by atoms with E-state index in [-0.39, 0.29) is 0 Å². The minimum atomic E-state index is 0.633. The zero-order valence-corrected chi connectivity index (χ0v) is 7.27. The first-order valence-corrected chi connectivity index (χ1v) is 3.86. The third-order valence-electron chi connectivity index (χ3n) is 1.01. The molecule has 0 aliphatic rings. The summed E-state index contributed by atoms with van der Waals surface area (Å²) < 4.78 is 10.3. The van der Waals surface area contributed by atoms with Gasteiger partial charge in [0.2, 0.25) is 0 Å². The van der Waals surface area contributed by atoms with Gasteiger partial charge in [-0.05, 0) is 13.3 Å². The van der Waals surface area contributed by atoms with Gasteiger partial charge in [0.05, 0.1) is 19.8 Å². The molecule has 0 amide bonds. The average Bonchev–Trinajstić information content (AvgIpc) is 1.96. The molecule has 0 saturated carbocycles. The van der Waals surface area contributed by atoms with E-state index >= 15 is 0 Å². The van der Waals surface area contributed by atoms with E-state index in [1.807, 2.05) is 6.92 Å². The van der Waals surface area contributed by atoms with Crippen LogP contribution in [-0.2, 0) is 9.47 Å². The fourth-order valence-corrected chi connectivity index (χ4v) is 0.568. The second-order valence-electron chi connectivity index (χ2n) is 2.48. The van der Waals surface area contributed by atoms with Crippen molar-refractivity contribution in [3.63, 3.8) is 0 Å². The standard InChI is InChI=1S/C9H17O2/c1-4-5-10-6-7-11-8-9(2)3/h1-2,4-8H2,3H3. The predicted molar refractivity (Wildman–Crippen MR) is 46.4 cm³/mol. The summed E-state index contributed by atoms with van der Waals surface area (Å²) in [6.07, 6.45) is 0.820.